The summed E-state index contributed by atoms with van der Waals surface area (Å²) < 4.78 is 5.43. The number of rotatable bonds is 7. The van der Waals surface area contributed by atoms with E-state index in [1.54, 1.807) is 5.57 Å². The van der Waals surface area contributed by atoms with Crippen molar-refractivity contribution >= 4 is 0 Å². The molecule has 1 aliphatic rings. The SMILES string of the molecule is CC(C)CCNCCCC1=CCCOCC1. The Kier molecular flexibility index (Phi) is 7.52. The molecule has 1 rings (SSSR count). The van der Waals surface area contributed by atoms with Gasteiger partial charge in [0.2, 0.25) is 0 Å². The van der Waals surface area contributed by atoms with E-state index < -0.39 is 0 Å². The Bertz CT molecular complexity index is 199. The van der Waals surface area contributed by atoms with Gasteiger partial charge in [0.25, 0.3) is 0 Å². The van der Waals surface area contributed by atoms with Crippen LogP contribution >= 0.6 is 0 Å². The monoisotopic (exact) mass is 225 g/mol. The molecule has 0 aromatic rings. The highest BCUT2D eigenvalue weighted by molar-refractivity contribution is 5.03. The van der Waals surface area contributed by atoms with E-state index >= 15 is 0 Å². The maximum absolute atomic E-state index is 5.43. The molecule has 0 fully saturated rings. The van der Waals surface area contributed by atoms with E-state index in [0.29, 0.717) is 0 Å². The molecule has 2 nitrogen and oxygen atoms in total. The topological polar surface area (TPSA) is 21.3 Å². The van der Waals surface area contributed by atoms with E-state index in [-0.39, 0.29) is 0 Å². The molecule has 1 heterocycles. The Morgan fingerprint density at radius 1 is 1.31 bits per heavy atom. The van der Waals surface area contributed by atoms with Crippen LogP contribution in [0.3, 0.4) is 0 Å². The molecule has 0 amide bonds. The average Bonchev–Trinajstić information content (AvgIpc) is 2.51. The van der Waals surface area contributed by atoms with Crippen molar-refractivity contribution in [1.82, 2.24) is 5.32 Å². The number of ether oxygens (including phenoxy) is 1. The maximum atomic E-state index is 5.43. The first-order chi connectivity index (χ1) is 7.79. The summed E-state index contributed by atoms with van der Waals surface area (Å²) in [5.74, 6) is 0.814. The number of nitrogens with one attached hydrogen (secondary N) is 1. The number of hydrogen-bond acceptors (Lipinski definition) is 2. The second-order valence-corrected chi connectivity index (χ2v) is 5.05. The molecule has 0 spiro atoms. The van der Waals surface area contributed by atoms with E-state index in [4.69, 9.17) is 4.74 Å². The highest BCUT2D eigenvalue weighted by Crippen LogP contribution is 2.13. The molecule has 1 aliphatic heterocycles. The molecule has 94 valence electrons. The molecule has 2 heteroatoms. The van der Waals surface area contributed by atoms with Crippen LogP contribution in [0.15, 0.2) is 11.6 Å². The minimum Gasteiger partial charge on any atom is -0.381 e. The van der Waals surface area contributed by atoms with Gasteiger partial charge >= 0.3 is 0 Å². The second kappa shape index (κ2) is 8.77. The van der Waals surface area contributed by atoms with Crippen molar-refractivity contribution in [2.75, 3.05) is 26.3 Å². The molecule has 1 N–H and O–H groups in total. The van der Waals surface area contributed by atoms with E-state index in [1.807, 2.05) is 0 Å². The second-order valence-electron chi connectivity index (χ2n) is 5.05. The van der Waals surface area contributed by atoms with Crippen LogP contribution in [0.1, 0.15) is 46.0 Å². The van der Waals surface area contributed by atoms with Gasteiger partial charge in [0, 0.05) is 0 Å². The van der Waals surface area contributed by atoms with E-state index in [9.17, 15) is 0 Å². The molecule has 0 unspecified atom stereocenters. The summed E-state index contributed by atoms with van der Waals surface area (Å²) >= 11 is 0. The van der Waals surface area contributed by atoms with Crippen LogP contribution < -0.4 is 5.32 Å². The fourth-order valence-electron chi connectivity index (χ4n) is 1.94. The van der Waals surface area contributed by atoms with Gasteiger partial charge in [0.15, 0.2) is 0 Å². The van der Waals surface area contributed by atoms with Crippen molar-refractivity contribution in [2.45, 2.75) is 46.0 Å². The fraction of sp³-hybridized carbons (Fsp3) is 0.857. The van der Waals surface area contributed by atoms with Gasteiger partial charge in [-0.2, -0.15) is 0 Å². The maximum Gasteiger partial charge on any atom is 0.0503 e. The standard InChI is InChI=1S/C14H27NO/c1-13(2)7-10-15-9-3-5-14-6-4-11-16-12-8-14/h6,13,15H,3-5,7-12H2,1-2H3. The quantitative estimate of drug-likeness (QED) is 0.531. The highest BCUT2D eigenvalue weighted by Gasteiger charge is 2.02. The minimum atomic E-state index is 0.814. The van der Waals surface area contributed by atoms with Crippen molar-refractivity contribution in [3.8, 4) is 0 Å². The van der Waals surface area contributed by atoms with Gasteiger partial charge in [-0.05, 0) is 51.1 Å². The van der Waals surface area contributed by atoms with Crippen molar-refractivity contribution in [2.24, 2.45) is 5.92 Å². The molecular weight excluding hydrogens is 198 g/mol. The lowest BCUT2D eigenvalue weighted by atomic mass is 10.1. The molecule has 0 bridgehead atoms. The molecule has 16 heavy (non-hydrogen) atoms. The predicted molar refractivity (Wildman–Crippen MR) is 69.7 cm³/mol. The summed E-state index contributed by atoms with van der Waals surface area (Å²) in [6.07, 6.45) is 8.43. The third-order valence-corrected chi connectivity index (χ3v) is 3.01. The normalized spacial score (nSPS) is 17.3. The Morgan fingerprint density at radius 2 is 2.19 bits per heavy atom. The van der Waals surface area contributed by atoms with Gasteiger partial charge in [-0.3, -0.25) is 0 Å². The molecule has 0 aromatic carbocycles. The molecule has 0 aromatic heterocycles. The highest BCUT2D eigenvalue weighted by atomic mass is 16.5. The number of hydrogen-bond donors (Lipinski definition) is 1. The summed E-state index contributed by atoms with van der Waals surface area (Å²) in [5, 5.41) is 3.51. The zero-order valence-electron chi connectivity index (χ0n) is 10.9. The van der Waals surface area contributed by atoms with E-state index in [2.05, 4.69) is 25.2 Å². The molecule has 0 saturated carbocycles. The Hall–Kier alpha value is -0.340. The van der Waals surface area contributed by atoms with Crippen LogP contribution in [0.2, 0.25) is 0 Å². The third kappa shape index (κ3) is 7.02. The van der Waals surface area contributed by atoms with Crippen LogP contribution in [0, 0.1) is 5.92 Å². The van der Waals surface area contributed by atoms with Crippen LogP contribution in [-0.4, -0.2) is 26.3 Å². The third-order valence-electron chi connectivity index (χ3n) is 3.01. The van der Waals surface area contributed by atoms with Gasteiger partial charge in [-0.25, -0.2) is 0 Å². The lowest BCUT2D eigenvalue weighted by Crippen LogP contribution is -2.18. The van der Waals surface area contributed by atoms with Crippen molar-refractivity contribution in [3.63, 3.8) is 0 Å². The van der Waals surface area contributed by atoms with Crippen molar-refractivity contribution < 1.29 is 4.74 Å². The first-order valence-electron chi connectivity index (χ1n) is 6.75. The average molecular weight is 225 g/mol. The molecular formula is C14H27NO. The minimum absolute atomic E-state index is 0.814. The first kappa shape index (κ1) is 13.7. The summed E-state index contributed by atoms with van der Waals surface area (Å²) in [7, 11) is 0. The summed E-state index contributed by atoms with van der Waals surface area (Å²) in [5.41, 5.74) is 1.60. The Labute approximate surface area is 100 Å². The zero-order chi connectivity index (χ0) is 11.6. The van der Waals surface area contributed by atoms with Gasteiger partial charge in [-0.15, -0.1) is 0 Å². The predicted octanol–water partition coefficient (Wildman–Crippen LogP) is 3.14. The zero-order valence-corrected chi connectivity index (χ0v) is 10.9. The molecule has 0 atom stereocenters. The van der Waals surface area contributed by atoms with Gasteiger partial charge in [0.05, 0.1) is 13.2 Å². The molecule has 0 radical (unpaired) electrons. The van der Waals surface area contributed by atoms with E-state index in [1.165, 1.54) is 25.8 Å². The first-order valence-corrected chi connectivity index (χ1v) is 6.75. The van der Waals surface area contributed by atoms with Gasteiger partial charge < -0.3 is 10.1 Å². The Balaban J connectivity index is 1.95. The van der Waals surface area contributed by atoms with Crippen molar-refractivity contribution in [3.05, 3.63) is 11.6 Å². The van der Waals surface area contributed by atoms with Crippen LogP contribution in [0.25, 0.3) is 0 Å². The van der Waals surface area contributed by atoms with Crippen LogP contribution in [0.4, 0.5) is 0 Å². The van der Waals surface area contributed by atoms with Crippen molar-refractivity contribution in [1.29, 1.82) is 0 Å². The van der Waals surface area contributed by atoms with Crippen LogP contribution in [-0.2, 0) is 4.74 Å². The summed E-state index contributed by atoms with van der Waals surface area (Å²) in [6, 6.07) is 0. The lowest BCUT2D eigenvalue weighted by molar-refractivity contribution is 0.146. The van der Waals surface area contributed by atoms with Gasteiger partial charge in [-0.1, -0.05) is 25.5 Å². The summed E-state index contributed by atoms with van der Waals surface area (Å²) in [6.45, 7) is 8.71. The fourth-order valence-corrected chi connectivity index (χ4v) is 1.94. The molecule has 0 aliphatic carbocycles. The largest absolute Gasteiger partial charge is 0.381 e. The van der Waals surface area contributed by atoms with E-state index in [0.717, 1.165) is 38.5 Å². The Morgan fingerprint density at radius 3 is 3.00 bits per heavy atom. The lowest BCUT2D eigenvalue weighted by Gasteiger charge is -2.08. The summed E-state index contributed by atoms with van der Waals surface area (Å²) in [4.78, 5) is 0. The van der Waals surface area contributed by atoms with Gasteiger partial charge in [0.1, 0.15) is 0 Å². The smallest absolute Gasteiger partial charge is 0.0503 e. The molecule has 0 saturated heterocycles. The van der Waals surface area contributed by atoms with Crippen LogP contribution in [0.5, 0.6) is 0 Å².